The summed E-state index contributed by atoms with van der Waals surface area (Å²) in [5, 5.41) is 0. The molecule has 0 unspecified atom stereocenters. The van der Waals surface area contributed by atoms with Crippen molar-refractivity contribution in [1.82, 2.24) is 9.97 Å². The molecule has 0 spiro atoms. The van der Waals surface area contributed by atoms with Crippen LogP contribution in [0.5, 0.6) is 5.88 Å². The second kappa shape index (κ2) is 6.37. The molecular formula is C16H14BrN3O3. The number of hydrogen-bond acceptors (Lipinski definition) is 6. The van der Waals surface area contributed by atoms with E-state index in [0.717, 1.165) is 11.1 Å². The van der Waals surface area contributed by atoms with Crippen molar-refractivity contribution in [3.8, 4) is 17.1 Å². The van der Waals surface area contributed by atoms with Gasteiger partial charge in [0.25, 0.3) is 0 Å². The Labute approximate surface area is 141 Å². The van der Waals surface area contributed by atoms with E-state index in [-0.39, 0.29) is 18.5 Å². The predicted molar refractivity (Wildman–Crippen MR) is 88.5 cm³/mol. The number of ether oxygens (including phenoxy) is 2. The summed E-state index contributed by atoms with van der Waals surface area (Å²) < 4.78 is 11.4. The second-order valence-corrected chi connectivity index (χ2v) is 5.85. The monoisotopic (exact) mass is 375 g/mol. The third-order valence-electron chi connectivity index (χ3n) is 3.35. The minimum Gasteiger partial charge on any atom is -0.469 e. The highest BCUT2D eigenvalue weighted by Crippen LogP contribution is 2.34. The number of nitrogen functional groups attached to an aromatic ring is 1. The Morgan fingerprint density at radius 1 is 1.30 bits per heavy atom. The zero-order valence-electron chi connectivity index (χ0n) is 12.4. The van der Waals surface area contributed by atoms with Crippen LogP contribution >= 0.6 is 15.9 Å². The summed E-state index contributed by atoms with van der Waals surface area (Å²) in [6.07, 6.45) is 0.293. The van der Waals surface area contributed by atoms with Crippen LogP contribution in [0.25, 0.3) is 11.3 Å². The maximum Gasteiger partial charge on any atom is 0.315 e. The summed E-state index contributed by atoms with van der Waals surface area (Å²) in [6.45, 7) is 1.95. The molecule has 3 rings (SSSR count). The van der Waals surface area contributed by atoms with Crippen molar-refractivity contribution < 1.29 is 14.3 Å². The van der Waals surface area contributed by atoms with Crippen LogP contribution in [0.1, 0.15) is 13.3 Å². The highest BCUT2D eigenvalue weighted by Gasteiger charge is 2.22. The van der Waals surface area contributed by atoms with Crippen molar-refractivity contribution in [2.75, 3.05) is 12.3 Å². The molecule has 0 atom stereocenters. The van der Waals surface area contributed by atoms with Gasteiger partial charge in [0.15, 0.2) is 0 Å². The van der Waals surface area contributed by atoms with Crippen LogP contribution in [0.4, 0.5) is 5.95 Å². The van der Waals surface area contributed by atoms with Crippen LogP contribution in [0.2, 0.25) is 0 Å². The molecule has 0 bridgehead atoms. The quantitative estimate of drug-likeness (QED) is 0.826. The number of halogens is 1. The average molecular weight is 376 g/mol. The van der Waals surface area contributed by atoms with E-state index in [1.165, 1.54) is 0 Å². The highest BCUT2D eigenvalue weighted by atomic mass is 79.9. The molecule has 0 saturated heterocycles. The van der Waals surface area contributed by atoms with E-state index < -0.39 is 0 Å². The molecule has 2 aromatic rings. The van der Waals surface area contributed by atoms with Gasteiger partial charge in [-0.25, -0.2) is 4.98 Å². The molecule has 0 radical (unpaired) electrons. The Morgan fingerprint density at radius 3 is 2.70 bits per heavy atom. The minimum atomic E-state index is -0.271. The third-order valence-corrected chi connectivity index (χ3v) is 4.06. The molecule has 0 fully saturated rings. The number of carbonyl (C=O) groups excluding carboxylic acids is 1. The van der Waals surface area contributed by atoms with Crippen LogP contribution in [0.3, 0.4) is 0 Å². The van der Waals surface area contributed by atoms with Crippen molar-refractivity contribution in [3.05, 3.63) is 46.1 Å². The average Bonchev–Trinajstić information content (AvgIpc) is 2.86. The van der Waals surface area contributed by atoms with Crippen LogP contribution in [0.15, 0.2) is 46.1 Å². The number of rotatable bonds is 4. The Bertz CT molecular complexity index is 791. The lowest BCUT2D eigenvalue weighted by atomic mass is 10.1. The molecule has 0 amide bonds. The number of cyclic esters (lactones) is 1. The van der Waals surface area contributed by atoms with E-state index in [1.54, 1.807) is 0 Å². The molecule has 1 aliphatic rings. The number of nitrogens with two attached hydrogens (primary N) is 1. The van der Waals surface area contributed by atoms with E-state index >= 15 is 0 Å². The lowest BCUT2D eigenvalue weighted by molar-refractivity contribution is -0.137. The molecular weight excluding hydrogens is 362 g/mol. The number of nitrogens with zero attached hydrogens (tertiary/aromatic N) is 2. The summed E-state index contributed by atoms with van der Waals surface area (Å²) in [5.41, 5.74) is 8.17. The normalized spacial score (nSPS) is 14.1. The highest BCUT2D eigenvalue weighted by molar-refractivity contribution is 9.10. The van der Waals surface area contributed by atoms with Gasteiger partial charge in [-0.1, -0.05) is 30.3 Å². The largest absolute Gasteiger partial charge is 0.469 e. The van der Waals surface area contributed by atoms with Crippen molar-refractivity contribution in [2.24, 2.45) is 0 Å². The number of hydrogen-bond donors (Lipinski definition) is 1. The Balaban J connectivity index is 1.87. The molecule has 6 nitrogen and oxygen atoms in total. The first-order valence-electron chi connectivity index (χ1n) is 6.95. The van der Waals surface area contributed by atoms with Gasteiger partial charge in [0.2, 0.25) is 11.8 Å². The third kappa shape index (κ3) is 3.34. The Hall–Kier alpha value is -2.41. The molecule has 7 heteroatoms. The van der Waals surface area contributed by atoms with Gasteiger partial charge in [-0.05, 0) is 28.4 Å². The van der Waals surface area contributed by atoms with E-state index in [0.29, 0.717) is 28.2 Å². The predicted octanol–water partition coefficient (Wildman–Crippen LogP) is 3.09. The first-order valence-corrected chi connectivity index (χ1v) is 7.74. The van der Waals surface area contributed by atoms with Gasteiger partial charge < -0.3 is 15.2 Å². The number of esters is 1. The van der Waals surface area contributed by atoms with Crippen molar-refractivity contribution in [3.63, 3.8) is 0 Å². The number of carbonyl (C=O) groups is 1. The molecule has 0 saturated carbocycles. The maximum absolute atomic E-state index is 11.3. The zero-order valence-corrected chi connectivity index (χ0v) is 14.0. The fraction of sp³-hybridized carbons (Fsp3) is 0.188. The summed E-state index contributed by atoms with van der Waals surface area (Å²) in [7, 11) is 0. The topological polar surface area (TPSA) is 87.3 Å². The number of benzene rings is 1. The summed E-state index contributed by atoms with van der Waals surface area (Å²) in [6, 6.07) is 9.58. The molecule has 23 heavy (non-hydrogen) atoms. The lowest BCUT2D eigenvalue weighted by Crippen LogP contribution is -2.08. The van der Waals surface area contributed by atoms with E-state index in [1.807, 2.05) is 37.3 Å². The van der Waals surface area contributed by atoms with Crippen LogP contribution < -0.4 is 10.5 Å². The molecule has 1 aliphatic heterocycles. The molecule has 1 aromatic heterocycles. The lowest BCUT2D eigenvalue weighted by Gasteiger charge is -2.11. The fourth-order valence-electron chi connectivity index (χ4n) is 2.19. The SMILES string of the molecule is CC1=C(COc2nc(N)nc(-c3ccccc3)c2Br)OC(=O)C1. The molecule has 2 N–H and O–H groups in total. The van der Waals surface area contributed by atoms with E-state index in [2.05, 4.69) is 25.9 Å². The van der Waals surface area contributed by atoms with Gasteiger partial charge in [0.1, 0.15) is 16.8 Å². The smallest absolute Gasteiger partial charge is 0.315 e. The molecule has 1 aromatic carbocycles. The van der Waals surface area contributed by atoms with Gasteiger partial charge in [-0.2, -0.15) is 4.98 Å². The molecule has 0 aliphatic carbocycles. The first-order chi connectivity index (χ1) is 11.0. The van der Waals surface area contributed by atoms with Gasteiger partial charge in [0, 0.05) is 5.56 Å². The zero-order chi connectivity index (χ0) is 16.4. The van der Waals surface area contributed by atoms with Crippen molar-refractivity contribution in [1.29, 1.82) is 0 Å². The summed E-state index contributed by atoms with van der Waals surface area (Å²) in [4.78, 5) is 19.6. The van der Waals surface area contributed by atoms with E-state index in [9.17, 15) is 4.79 Å². The van der Waals surface area contributed by atoms with Crippen LogP contribution in [0, 0.1) is 0 Å². The van der Waals surface area contributed by atoms with Crippen molar-refractivity contribution >= 4 is 27.8 Å². The molecule has 118 valence electrons. The maximum atomic E-state index is 11.3. The van der Waals surface area contributed by atoms with Crippen LogP contribution in [-0.2, 0) is 9.53 Å². The van der Waals surface area contributed by atoms with Gasteiger partial charge in [0.05, 0.1) is 12.1 Å². The first kappa shape index (κ1) is 15.5. The second-order valence-electron chi connectivity index (χ2n) is 5.06. The standard InChI is InChI=1S/C16H14BrN3O3/c1-9-7-12(21)23-11(9)8-22-15-13(17)14(19-16(18)20-15)10-5-3-2-4-6-10/h2-6H,7-8H2,1H3,(H2,18,19,20). The Kier molecular flexibility index (Phi) is 4.29. The Morgan fingerprint density at radius 2 is 2.04 bits per heavy atom. The van der Waals surface area contributed by atoms with Crippen LogP contribution in [-0.4, -0.2) is 22.5 Å². The number of anilines is 1. The molecule has 2 heterocycles. The minimum absolute atomic E-state index is 0.108. The number of aromatic nitrogens is 2. The van der Waals surface area contributed by atoms with Gasteiger partial charge in [-0.15, -0.1) is 0 Å². The summed E-state index contributed by atoms with van der Waals surface area (Å²) in [5.74, 6) is 0.656. The van der Waals surface area contributed by atoms with Crippen molar-refractivity contribution in [2.45, 2.75) is 13.3 Å². The fourth-order valence-corrected chi connectivity index (χ4v) is 2.71. The van der Waals surface area contributed by atoms with E-state index in [4.69, 9.17) is 15.2 Å². The van der Waals surface area contributed by atoms with Gasteiger partial charge in [-0.3, -0.25) is 4.79 Å². The summed E-state index contributed by atoms with van der Waals surface area (Å²) >= 11 is 3.46. The van der Waals surface area contributed by atoms with Gasteiger partial charge >= 0.3 is 5.97 Å².